The molecule has 0 radical (unpaired) electrons. The summed E-state index contributed by atoms with van der Waals surface area (Å²) in [6, 6.07) is 10.3. The van der Waals surface area contributed by atoms with Gasteiger partial charge >= 0.3 is 0 Å². The Balaban J connectivity index is 1.71. The Labute approximate surface area is 241 Å². The quantitative estimate of drug-likeness (QED) is 0.253. The van der Waals surface area contributed by atoms with Crippen molar-refractivity contribution < 1.29 is 34.1 Å². The van der Waals surface area contributed by atoms with Gasteiger partial charge in [-0.15, -0.1) is 0 Å². The molecule has 9 nitrogen and oxygen atoms in total. The van der Waals surface area contributed by atoms with Gasteiger partial charge in [0.05, 0.1) is 23.3 Å². The summed E-state index contributed by atoms with van der Waals surface area (Å²) in [5.74, 6) is 0.0676. The van der Waals surface area contributed by atoms with Crippen LogP contribution in [0.1, 0.15) is 40.7 Å². The highest BCUT2D eigenvalue weighted by Gasteiger charge is 2.44. The van der Waals surface area contributed by atoms with Crippen LogP contribution in [0, 0.1) is 16.4 Å². The van der Waals surface area contributed by atoms with E-state index in [9.17, 15) is 24.6 Å². The maximum absolute atomic E-state index is 13.5. The van der Waals surface area contributed by atoms with Gasteiger partial charge in [0.25, 0.3) is 0 Å². The van der Waals surface area contributed by atoms with Crippen LogP contribution in [0.5, 0.6) is 11.5 Å². The minimum atomic E-state index is -1.15. The van der Waals surface area contributed by atoms with E-state index in [1.165, 1.54) is 13.2 Å². The predicted molar refractivity (Wildman–Crippen MR) is 153 cm³/mol. The molecule has 2 aliphatic rings. The van der Waals surface area contributed by atoms with Gasteiger partial charge in [-0.1, -0.05) is 29.8 Å². The molecule has 2 aromatic rings. The number of halogens is 1. The van der Waals surface area contributed by atoms with Gasteiger partial charge in [0.2, 0.25) is 11.8 Å². The third-order valence-electron chi connectivity index (χ3n) is 6.94. The molecule has 2 aliphatic carbocycles. The van der Waals surface area contributed by atoms with Gasteiger partial charge in [-0.25, -0.2) is 0 Å². The van der Waals surface area contributed by atoms with Crippen molar-refractivity contribution in [3.05, 3.63) is 68.3 Å². The average molecular weight is 648 g/mol. The zero-order valence-electron chi connectivity index (χ0n) is 21.9. The van der Waals surface area contributed by atoms with E-state index in [-0.39, 0.29) is 37.9 Å². The first-order chi connectivity index (χ1) is 18.7. The van der Waals surface area contributed by atoms with Crippen LogP contribution in [-0.2, 0) is 16.1 Å². The number of aldehydes is 1. The molecule has 3 N–H and O–H groups in total. The molecule has 0 saturated heterocycles. The van der Waals surface area contributed by atoms with E-state index in [1.807, 2.05) is 53.8 Å². The Hall–Kier alpha value is -2.96. The Morgan fingerprint density at radius 2 is 1.92 bits per heavy atom. The third kappa shape index (κ3) is 6.98. The van der Waals surface area contributed by atoms with Gasteiger partial charge < -0.3 is 29.9 Å². The van der Waals surface area contributed by atoms with Crippen molar-refractivity contribution in [2.75, 3.05) is 20.3 Å². The molecule has 1 fully saturated rings. The van der Waals surface area contributed by atoms with Crippen molar-refractivity contribution >= 4 is 40.7 Å². The molecular formula is C29H33IN2O7. The fraction of sp³-hybridized carbons (Fsp3) is 0.414. The lowest BCUT2D eigenvalue weighted by molar-refractivity contribution is -0.140. The number of benzene rings is 2. The lowest BCUT2D eigenvalue weighted by Gasteiger charge is -2.41. The molecule has 0 spiro atoms. The van der Waals surface area contributed by atoms with E-state index in [0.29, 0.717) is 32.5 Å². The molecule has 0 aliphatic heterocycles. The summed E-state index contributed by atoms with van der Waals surface area (Å²) in [4.78, 5) is 39.6. The van der Waals surface area contributed by atoms with Crippen molar-refractivity contribution in [3.63, 3.8) is 0 Å². The van der Waals surface area contributed by atoms with Crippen LogP contribution in [0.15, 0.2) is 48.0 Å². The lowest BCUT2D eigenvalue weighted by Crippen LogP contribution is -2.55. The minimum Gasteiger partial charge on any atom is -0.493 e. The van der Waals surface area contributed by atoms with Crippen LogP contribution in [0.3, 0.4) is 0 Å². The largest absolute Gasteiger partial charge is 0.493 e. The number of aliphatic hydroxyl groups is 2. The first-order valence-corrected chi connectivity index (χ1v) is 14.0. The summed E-state index contributed by atoms with van der Waals surface area (Å²) in [7, 11) is 1.45. The number of rotatable bonds is 11. The van der Waals surface area contributed by atoms with Gasteiger partial charge in [0.1, 0.15) is 18.5 Å². The molecule has 0 bridgehead atoms. The van der Waals surface area contributed by atoms with Crippen LogP contribution in [0.25, 0.3) is 0 Å². The Morgan fingerprint density at radius 1 is 1.21 bits per heavy atom. The van der Waals surface area contributed by atoms with Crippen LogP contribution in [0.2, 0.25) is 0 Å². The Kier molecular flexibility index (Phi) is 9.62. The number of carbonyl (C=O) groups is 3. The summed E-state index contributed by atoms with van der Waals surface area (Å²) in [5, 5.41) is 23.5. The Bertz CT molecular complexity index is 1240. The number of amides is 2. The van der Waals surface area contributed by atoms with Crippen molar-refractivity contribution in [2.24, 2.45) is 5.92 Å². The molecule has 10 heteroatoms. The SMILES string of the molecule is COc1cc(C=O)cc(I)c1OC1C=C(C(=O)NCCO)CC(N(Cc2ccc(C)cc2)C(=O)C2CC2)C1O. The standard InChI is InChI=1S/C29H33IN2O7/c1-17-3-5-18(6-4-17)15-32(29(37)20-7-8-20)23-13-21(28(36)31-9-10-33)14-24(26(23)35)39-27-22(30)11-19(16-34)12-25(27)38-2/h3-6,11-12,14,16,20,23-24,26,33,35H,7-10,13,15H2,1-2H3,(H,31,36). The fourth-order valence-electron chi connectivity index (χ4n) is 4.65. The molecular weight excluding hydrogens is 615 g/mol. The first kappa shape index (κ1) is 29.0. The van der Waals surface area contributed by atoms with E-state index in [0.717, 1.165) is 24.0 Å². The first-order valence-electron chi connectivity index (χ1n) is 12.9. The summed E-state index contributed by atoms with van der Waals surface area (Å²) >= 11 is 2.02. The number of nitrogens with one attached hydrogen (secondary N) is 1. The second kappa shape index (κ2) is 12.9. The number of hydrogen-bond donors (Lipinski definition) is 3. The van der Waals surface area contributed by atoms with Crippen molar-refractivity contribution in [2.45, 2.75) is 51.0 Å². The lowest BCUT2D eigenvalue weighted by atomic mass is 9.87. The molecule has 1 saturated carbocycles. The van der Waals surface area contributed by atoms with E-state index in [1.54, 1.807) is 17.0 Å². The van der Waals surface area contributed by atoms with Crippen molar-refractivity contribution in [1.82, 2.24) is 10.2 Å². The molecule has 208 valence electrons. The predicted octanol–water partition coefficient (Wildman–Crippen LogP) is 2.78. The van der Waals surface area contributed by atoms with E-state index in [2.05, 4.69) is 5.32 Å². The highest BCUT2D eigenvalue weighted by atomic mass is 127. The number of hydrogen-bond acceptors (Lipinski definition) is 7. The number of nitrogens with zero attached hydrogens (tertiary/aromatic N) is 1. The van der Waals surface area contributed by atoms with Crippen LogP contribution < -0.4 is 14.8 Å². The van der Waals surface area contributed by atoms with Gasteiger partial charge in [-0.3, -0.25) is 14.4 Å². The molecule has 39 heavy (non-hydrogen) atoms. The van der Waals surface area contributed by atoms with Gasteiger partial charge in [0, 0.05) is 36.6 Å². The van der Waals surface area contributed by atoms with E-state index < -0.39 is 24.2 Å². The highest BCUT2D eigenvalue weighted by Crippen LogP contribution is 2.38. The maximum Gasteiger partial charge on any atom is 0.247 e. The molecule has 3 atom stereocenters. The normalized spacial score (nSPS) is 20.5. The third-order valence-corrected chi connectivity index (χ3v) is 7.74. The van der Waals surface area contributed by atoms with Crippen LogP contribution in [-0.4, -0.2) is 71.7 Å². The van der Waals surface area contributed by atoms with Gasteiger partial charge in [-0.2, -0.15) is 0 Å². The summed E-state index contributed by atoms with van der Waals surface area (Å²) in [6.45, 7) is 2.12. The smallest absolute Gasteiger partial charge is 0.247 e. The second-order valence-electron chi connectivity index (χ2n) is 9.89. The van der Waals surface area contributed by atoms with E-state index in [4.69, 9.17) is 9.47 Å². The van der Waals surface area contributed by atoms with Crippen molar-refractivity contribution in [1.29, 1.82) is 0 Å². The van der Waals surface area contributed by atoms with Gasteiger partial charge in [-0.05, 0) is 66.1 Å². The zero-order chi connectivity index (χ0) is 28.1. The highest BCUT2D eigenvalue weighted by molar-refractivity contribution is 14.1. The molecule has 4 rings (SSSR count). The fourth-order valence-corrected chi connectivity index (χ4v) is 5.40. The number of methoxy groups -OCH3 is 1. The summed E-state index contributed by atoms with van der Waals surface area (Å²) in [6.07, 6.45) is 1.84. The molecule has 0 heterocycles. The molecule has 0 aromatic heterocycles. The maximum atomic E-state index is 13.5. The van der Waals surface area contributed by atoms with Crippen molar-refractivity contribution in [3.8, 4) is 11.5 Å². The minimum absolute atomic E-state index is 0.0575. The summed E-state index contributed by atoms with van der Waals surface area (Å²) < 4.78 is 12.3. The van der Waals surface area contributed by atoms with E-state index >= 15 is 0 Å². The van der Waals surface area contributed by atoms with Gasteiger partial charge in [0.15, 0.2) is 11.5 Å². The number of carbonyl (C=O) groups excluding carboxylic acids is 3. The monoisotopic (exact) mass is 648 g/mol. The average Bonchev–Trinajstić information content (AvgIpc) is 3.78. The number of aryl methyl sites for hydroxylation is 1. The second-order valence-corrected chi connectivity index (χ2v) is 11.1. The van der Waals surface area contributed by atoms with Crippen LogP contribution >= 0.6 is 22.6 Å². The summed E-state index contributed by atoms with van der Waals surface area (Å²) in [5.41, 5.74) is 2.77. The van der Waals surface area contributed by atoms with Crippen LogP contribution in [0.4, 0.5) is 0 Å². The number of ether oxygens (including phenoxy) is 2. The molecule has 2 amide bonds. The molecule has 3 unspecified atom stereocenters. The topological polar surface area (TPSA) is 125 Å². The Morgan fingerprint density at radius 3 is 2.54 bits per heavy atom. The molecule has 2 aromatic carbocycles. The number of aliphatic hydroxyl groups excluding tert-OH is 2. The zero-order valence-corrected chi connectivity index (χ0v) is 24.1.